The highest BCUT2D eigenvalue weighted by Gasteiger charge is 2.37. The molecule has 0 saturated heterocycles. The van der Waals surface area contributed by atoms with Crippen LogP contribution in [-0.2, 0) is 38.0 Å². The number of carbonyl (C=O) groups excluding carboxylic acids is 3. The summed E-state index contributed by atoms with van der Waals surface area (Å²) in [5.41, 5.74) is 9.07. The quantitative estimate of drug-likeness (QED) is 0.227. The van der Waals surface area contributed by atoms with Crippen molar-refractivity contribution in [2.75, 3.05) is 6.61 Å². The molecule has 12 heteroatoms. The van der Waals surface area contributed by atoms with E-state index in [0.29, 0.717) is 17.7 Å². The molecule has 0 atom stereocenters. The molecule has 2 aliphatic rings. The second kappa shape index (κ2) is 12.4. The highest BCUT2D eigenvalue weighted by atomic mass is 19.4. The fourth-order valence-electron chi connectivity index (χ4n) is 4.21. The van der Waals surface area contributed by atoms with Crippen LogP contribution in [0.25, 0.3) is 12.2 Å². The molecule has 2 aromatic carbocycles. The first-order valence-electron chi connectivity index (χ1n) is 12.7. The number of amides is 2. The summed E-state index contributed by atoms with van der Waals surface area (Å²) in [6.07, 6.45) is -4.45. The minimum Gasteiger partial charge on any atom is -0.476 e. The largest absolute Gasteiger partial charge is 0.476 e. The number of hydrogen-bond acceptors (Lipinski definition) is 4. The Kier molecular flexibility index (Phi) is 8.94. The Morgan fingerprint density at radius 1 is 0.930 bits per heavy atom. The van der Waals surface area contributed by atoms with Gasteiger partial charge in [0, 0.05) is 18.2 Å². The topological polar surface area (TPSA) is 98.5 Å². The van der Waals surface area contributed by atoms with Gasteiger partial charge >= 0.3 is 12.4 Å². The van der Waals surface area contributed by atoms with Gasteiger partial charge in [-0.05, 0) is 77.3 Å². The van der Waals surface area contributed by atoms with Crippen LogP contribution in [0.15, 0.2) is 88.6 Å². The number of nitrogens with two attached hydrogens (primary N) is 1. The minimum absolute atomic E-state index is 0.0227. The molecular weight excluding hydrogens is 578 g/mol. The maximum Gasteiger partial charge on any atom is 0.416 e. The number of Topliss-reactive ketones (excluding diaryl/α,β-unsaturated/α-hetero) is 1. The lowest BCUT2D eigenvalue weighted by atomic mass is 9.83. The third kappa shape index (κ3) is 8.25. The maximum absolute atomic E-state index is 13.2. The van der Waals surface area contributed by atoms with E-state index in [2.05, 4.69) is 16.8 Å². The van der Waals surface area contributed by atoms with Crippen LogP contribution in [0.2, 0.25) is 0 Å². The van der Waals surface area contributed by atoms with Crippen LogP contribution in [0.1, 0.15) is 40.7 Å². The second-order valence-electron chi connectivity index (χ2n) is 9.54. The number of ketones is 1. The summed E-state index contributed by atoms with van der Waals surface area (Å²) < 4.78 is 84.7. The predicted molar refractivity (Wildman–Crippen MR) is 143 cm³/mol. The molecule has 0 aromatic heterocycles. The molecule has 222 valence electrons. The van der Waals surface area contributed by atoms with E-state index in [1.54, 1.807) is 30.3 Å². The monoisotopic (exact) mass is 600 g/mol. The van der Waals surface area contributed by atoms with Crippen LogP contribution in [-0.4, -0.2) is 24.2 Å². The number of halogens is 6. The zero-order valence-corrected chi connectivity index (χ0v) is 22.2. The lowest BCUT2D eigenvalue weighted by Gasteiger charge is -2.20. The number of hydrogen-bond donors (Lipinski definition) is 2. The third-order valence-electron chi connectivity index (χ3n) is 6.34. The van der Waals surface area contributed by atoms with Gasteiger partial charge in [0.1, 0.15) is 0 Å². The molecule has 2 amide bonds. The van der Waals surface area contributed by atoms with Crippen LogP contribution in [0.5, 0.6) is 0 Å². The van der Waals surface area contributed by atoms with E-state index in [-0.39, 0.29) is 49.0 Å². The lowest BCUT2D eigenvalue weighted by Crippen LogP contribution is -2.27. The number of carbonyl (C=O) groups is 3. The van der Waals surface area contributed by atoms with E-state index in [4.69, 9.17) is 10.5 Å². The molecule has 1 fully saturated rings. The van der Waals surface area contributed by atoms with Crippen LogP contribution >= 0.6 is 0 Å². The average molecular weight is 601 g/mol. The fourth-order valence-corrected chi connectivity index (χ4v) is 4.21. The molecule has 1 saturated carbocycles. The van der Waals surface area contributed by atoms with Crippen molar-refractivity contribution >= 4 is 29.7 Å². The van der Waals surface area contributed by atoms with Crippen molar-refractivity contribution in [1.82, 2.24) is 5.32 Å². The average Bonchev–Trinajstić information content (AvgIpc) is 2.94. The fraction of sp³-hybridized carbons (Fsp3) is 0.194. The number of nitrogens with one attached hydrogen (secondary N) is 1. The molecule has 4 rings (SSSR count). The Bertz CT molecular complexity index is 1630. The van der Waals surface area contributed by atoms with Gasteiger partial charge < -0.3 is 15.8 Å². The van der Waals surface area contributed by atoms with Crippen LogP contribution in [0.3, 0.4) is 0 Å². The number of allylic oxidation sites excluding steroid dienone is 4. The van der Waals surface area contributed by atoms with Crippen molar-refractivity contribution in [2.24, 2.45) is 5.73 Å². The van der Waals surface area contributed by atoms with Crippen LogP contribution in [0, 0.1) is 0 Å². The van der Waals surface area contributed by atoms with Gasteiger partial charge in [-0.3, -0.25) is 14.4 Å². The molecule has 0 heterocycles. The van der Waals surface area contributed by atoms with E-state index < -0.39 is 46.6 Å². The SMILES string of the molecule is NC(=O)/C=C/c1ccc(CNC(=O)COC2=C=C=C3C(=O)/C(=C/c4cc(C(F)(F)F)cc(C(F)(F)F)c4)CCC3=C2)cc1. The van der Waals surface area contributed by atoms with Gasteiger partial charge in [0.15, 0.2) is 18.1 Å². The Morgan fingerprint density at radius 3 is 2.19 bits per heavy atom. The van der Waals surface area contributed by atoms with Gasteiger partial charge in [-0.15, -0.1) is 0 Å². The summed E-state index contributed by atoms with van der Waals surface area (Å²) in [5, 5.41) is 2.68. The van der Waals surface area contributed by atoms with E-state index >= 15 is 0 Å². The molecule has 6 nitrogen and oxygen atoms in total. The number of rotatable bonds is 8. The Balaban J connectivity index is 1.42. The zero-order valence-electron chi connectivity index (χ0n) is 22.2. The lowest BCUT2D eigenvalue weighted by molar-refractivity contribution is -0.143. The standard InChI is InChI=1S/C31H22F6N2O4/c32-30(33,34)23-12-20(13-24(15-23)31(35,36)37)11-22-7-6-21-14-25(8-9-26(21)29(22)42)43-17-28(41)39-16-19-3-1-18(2-4-19)5-10-27(38)40/h1-5,10-15H,6-7,16-17H2,(H2,38,40)(H,39,41)/b10-5+,22-11+. The van der Waals surface area contributed by atoms with Crippen LogP contribution < -0.4 is 11.1 Å². The van der Waals surface area contributed by atoms with E-state index in [1.165, 1.54) is 12.2 Å². The summed E-state index contributed by atoms with van der Waals surface area (Å²) >= 11 is 0. The summed E-state index contributed by atoms with van der Waals surface area (Å²) in [6, 6.07) is 8.15. The van der Waals surface area contributed by atoms with Crippen LogP contribution in [0.4, 0.5) is 26.3 Å². The van der Waals surface area contributed by atoms with Gasteiger partial charge in [-0.25, -0.2) is 0 Å². The molecule has 3 N–H and O–H groups in total. The van der Waals surface area contributed by atoms with Crippen molar-refractivity contribution in [3.05, 3.63) is 116 Å². The molecule has 0 spiro atoms. The normalized spacial score (nSPS) is 16.0. The maximum atomic E-state index is 13.2. The van der Waals surface area contributed by atoms with Crippen molar-refractivity contribution in [3.63, 3.8) is 0 Å². The van der Waals surface area contributed by atoms with Crippen molar-refractivity contribution in [1.29, 1.82) is 0 Å². The van der Waals surface area contributed by atoms with E-state index in [9.17, 15) is 40.7 Å². The zero-order chi connectivity index (χ0) is 31.4. The van der Waals surface area contributed by atoms with Crippen molar-refractivity contribution in [3.8, 4) is 0 Å². The molecule has 2 aliphatic carbocycles. The number of primary amides is 1. The summed E-state index contributed by atoms with van der Waals surface area (Å²) in [4.78, 5) is 36.0. The van der Waals surface area contributed by atoms with E-state index in [1.807, 2.05) is 0 Å². The number of benzene rings is 2. The molecule has 0 radical (unpaired) electrons. The molecular formula is C31H22F6N2O4. The van der Waals surface area contributed by atoms with Gasteiger partial charge in [-0.2, -0.15) is 26.3 Å². The Hall–Kier alpha value is -5.05. The smallest absolute Gasteiger partial charge is 0.416 e. The summed E-state index contributed by atoms with van der Waals surface area (Å²) in [7, 11) is 0. The Morgan fingerprint density at radius 2 is 1.58 bits per heavy atom. The minimum atomic E-state index is -5.01. The van der Waals surface area contributed by atoms with Gasteiger partial charge in [0.05, 0.1) is 16.7 Å². The number of ether oxygens (including phenoxy) is 1. The van der Waals surface area contributed by atoms with Gasteiger partial charge in [0.2, 0.25) is 5.91 Å². The molecule has 0 unspecified atom stereocenters. The first-order valence-corrected chi connectivity index (χ1v) is 12.7. The highest BCUT2D eigenvalue weighted by molar-refractivity contribution is 6.14. The first kappa shape index (κ1) is 30.9. The summed E-state index contributed by atoms with van der Waals surface area (Å²) in [6.45, 7) is -0.152. The van der Waals surface area contributed by atoms with Gasteiger partial charge in [0.25, 0.3) is 5.91 Å². The summed E-state index contributed by atoms with van der Waals surface area (Å²) in [5.74, 6) is -1.49. The number of alkyl halides is 6. The third-order valence-corrected chi connectivity index (χ3v) is 6.34. The molecule has 0 aliphatic heterocycles. The Labute approximate surface area is 241 Å². The second-order valence-corrected chi connectivity index (χ2v) is 9.54. The van der Waals surface area contributed by atoms with E-state index in [0.717, 1.165) is 17.2 Å². The van der Waals surface area contributed by atoms with Crippen molar-refractivity contribution < 1.29 is 45.5 Å². The molecule has 0 bridgehead atoms. The molecule has 43 heavy (non-hydrogen) atoms. The number of fused-ring (bicyclic) bond motifs is 1. The van der Waals surface area contributed by atoms with Crippen molar-refractivity contribution in [2.45, 2.75) is 31.7 Å². The molecule has 2 aromatic rings. The highest BCUT2D eigenvalue weighted by Crippen LogP contribution is 2.38. The van der Waals surface area contributed by atoms with Gasteiger partial charge in [-0.1, -0.05) is 30.0 Å². The first-order chi connectivity index (χ1) is 20.2. The predicted octanol–water partition coefficient (Wildman–Crippen LogP) is 5.81.